The second-order valence-corrected chi connectivity index (χ2v) is 4.48. The van der Waals surface area contributed by atoms with Gasteiger partial charge in [-0.2, -0.15) is 0 Å². The van der Waals surface area contributed by atoms with Crippen LogP contribution < -0.4 is 0 Å². The number of rotatable bonds is 4. The third-order valence-corrected chi connectivity index (χ3v) is 3.59. The maximum Gasteiger partial charge on any atom is 0.0307 e. The van der Waals surface area contributed by atoms with Crippen molar-refractivity contribution in [3.05, 3.63) is 28.5 Å². The largest absolute Gasteiger partial charge is 0.141 e. The van der Waals surface area contributed by atoms with Gasteiger partial charge in [0.2, 0.25) is 0 Å². The first-order valence-corrected chi connectivity index (χ1v) is 6.04. The van der Waals surface area contributed by atoms with Crippen molar-refractivity contribution in [1.82, 2.24) is 0 Å². The number of alkyl halides is 1. The fraction of sp³-hybridized carbons (Fsp3) is 0.400. The molecule has 0 saturated heterocycles. The lowest BCUT2D eigenvalue weighted by Gasteiger charge is -1.94. The van der Waals surface area contributed by atoms with E-state index in [9.17, 15) is 0 Å². The number of thiophene rings is 1. The van der Waals surface area contributed by atoms with Crippen LogP contribution in [0.1, 0.15) is 23.1 Å². The van der Waals surface area contributed by atoms with Crippen LogP contribution in [0.25, 0.3) is 5.57 Å². The van der Waals surface area contributed by atoms with E-state index < -0.39 is 0 Å². The Morgan fingerprint density at radius 2 is 2.33 bits per heavy atom. The molecule has 12 heavy (non-hydrogen) atoms. The highest BCUT2D eigenvalue weighted by atomic mass is 79.9. The molecule has 1 heterocycles. The average Bonchev–Trinajstić information content (AvgIpc) is 2.52. The van der Waals surface area contributed by atoms with Gasteiger partial charge in [0.15, 0.2) is 0 Å². The molecule has 0 aliphatic rings. The molecule has 1 rings (SSSR count). The minimum atomic E-state index is 0.874. The van der Waals surface area contributed by atoms with Crippen molar-refractivity contribution in [2.45, 2.75) is 19.8 Å². The molecule has 2 heteroatoms. The van der Waals surface area contributed by atoms with E-state index in [1.807, 2.05) is 11.3 Å². The van der Waals surface area contributed by atoms with Crippen LogP contribution in [0.4, 0.5) is 0 Å². The summed E-state index contributed by atoms with van der Waals surface area (Å²) in [5, 5.41) is 0.874. The molecular weight excluding hydrogens is 232 g/mol. The van der Waals surface area contributed by atoms with Crippen LogP contribution in [-0.4, -0.2) is 5.33 Å². The van der Waals surface area contributed by atoms with E-state index in [0.29, 0.717) is 0 Å². The molecular formula is C10H13BrS. The van der Waals surface area contributed by atoms with Crippen LogP contribution in [0, 0.1) is 0 Å². The van der Waals surface area contributed by atoms with Gasteiger partial charge >= 0.3 is 0 Å². The summed E-state index contributed by atoms with van der Waals surface area (Å²) in [4.78, 5) is 2.78. The maximum atomic E-state index is 3.98. The number of hydrogen-bond acceptors (Lipinski definition) is 1. The summed E-state index contributed by atoms with van der Waals surface area (Å²) in [6, 6.07) is 4.37. The summed E-state index contributed by atoms with van der Waals surface area (Å²) in [6.07, 6.45) is 2.42. The van der Waals surface area contributed by atoms with Gasteiger partial charge in [0.1, 0.15) is 0 Å². The zero-order valence-corrected chi connectivity index (χ0v) is 9.67. The lowest BCUT2D eigenvalue weighted by Crippen LogP contribution is -1.75. The third kappa shape index (κ3) is 2.46. The van der Waals surface area contributed by atoms with E-state index in [4.69, 9.17) is 0 Å². The Morgan fingerprint density at radius 1 is 1.58 bits per heavy atom. The van der Waals surface area contributed by atoms with Gasteiger partial charge in [0, 0.05) is 15.1 Å². The molecule has 0 nitrogen and oxygen atoms in total. The fourth-order valence-electron chi connectivity index (χ4n) is 1.01. The average molecular weight is 245 g/mol. The molecule has 1 aromatic rings. The van der Waals surface area contributed by atoms with Crippen molar-refractivity contribution >= 4 is 32.8 Å². The topological polar surface area (TPSA) is 0 Å². The molecule has 0 aliphatic heterocycles. The molecule has 0 unspecified atom stereocenters. The zero-order chi connectivity index (χ0) is 8.97. The standard InChI is InChI=1S/C10H13BrS/c1-3-4-9-5-6-10(12-9)8(2)7-11/h5-6H,2-4,7H2,1H3. The van der Waals surface area contributed by atoms with Gasteiger partial charge in [-0.3, -0.25) is 0 Å². The molecule has 0 fully saturated rings. The summed E-state index contributed by atoms with van der Waals surface area (Å²) in [5.41, 5.74) is 1.18. The van der Waals surface area contributed by atoms with Gasteiger partial charge in [-0.1, -0.05) is 35.9 Å². The van der Waals surface area contributed by atoms with Gasteiger partial charge in [-0.05, 0) is 24.1 Å². The van der Waals surface area contributed by atoms with Crippen LogP contribution in [-0.2, 0) is 6.42 Å². The molecule has 0 amide bonds. The van der Waals surface area contributed by atoms with E-state index in [2.05, 4.69) is 41.6 Å². The highest BCUT2D eigenvalue weighted by Gasteiger charge is 2.01. The summed E-state index contributed by atoms with van der Waals surface area (Å²) in [7, 11) is 0. The molecule has 0 bridgehead atoms. The smallest absolute Gasteiger partial charge is 0.0307 e. The molecule has 0 aliphatic carbocycles. The van der Waals surface area contributed by atoms with E-state index in [1.165, 1.54) is 28.2 Å². The normalized spacial score (nSPS) is 10.2. The van der Waals surface area contributed by atoms with Gasteiger partial charge in [0.05, 0.1) is 0 Å². The fourth-order valence-corrected chi connectivity index (χ4v) is 2.58. The second-order valence-electron chi connectivity index (χ2n) is 2.75. The third-order valence-electron chi connectivity index (χ3n) is 1.67. The SMILES string of the molecule is C=C(CBr)c1ccc(CCC)s1. The van der Waals surface area contributed by atoms with E-state index in [-0.39, 0.29) is 0 Å². The van der Waals surface area contributed by atoms with Crippen molar-refractivity contribution in [2.75, 3.05) is 5.33 Å². The van der Waals surface area contributed by atoms with Crippen molar-refractivity contribution in [3.8, 4) is 0 Å². The van der Waals surface area contributed by atoms with Crippen molar-refractivity contribution < 1.29 is 0 Å². The Bertz CT molecular complexity index is 263. The summed E-state index contributed by atoms with van der Waals surface area (Å²) < 4.78 is 0. The summed E-state index contributed by atoms with van der Waals surface area (Å²) in [5.74, 6) is 0. The Labute approximate surface area is 86.4 Å². The van der Waals surface area contributed by atoms with E-state index >= 15 is 0 Å². The predicted octanol–water partition coefficient (Wildman–Crippen LogP) is 4.11. The quantitative estimate of drug-likeness (QED) is 0.700. The number of aryl methyl sites for hydroxylation is 1. The minimum absolute atomic E-state index is 0.874. The molecule has 0 aromatic carbocycles. The Kier molecular flexibility index (Phi) is 4.02. The van der Waals surface area contributed by atoms with Gasteiger partial charge in [-0.25, -0.2) is 0 Å². The lowest BCUT2D eigenvalue weighted by atomic mass is 10.2. The van der Waals surface area contributed by atoms with Crippen LogP contribution in [0.3, 0.4) is 0 Å². The maximum absolute atomic E-state index is 3.98. The van der Waals surface area contributed by atoms with Crippen LogP contribution in [0.5, 0.6) is 0 Å². The van der Waals surface area contributed by atoms with E-state index in [0.717, 1.165) is 5.33 Å². The number of allylic oxidation sites excluding steroid dienone is 1. The zero-order valence-electron chi connectivity index (χ0n) is 7.27. The first kappa shape index (κ1) is 10.0. The first-order chi connectivity index (χ1) is 5.77. The molecule has 0 saturated carbocycles. The van der Waals surface area contributed by atoms with Crippen LogP contribution in [0.2, 0.25) is 0 Å². The number of hydrogen-bond donors (Lipinski definition) is 0. The number of halogens is 1. The summed E-state index contributed by atoms with van der Waals surface area (Å²) in [6.45, 7) is 6.19. The molecule has 0 spiro atoms. The first-order valence-electron chi connectivity index (χ1n) is 4.10. The Balaban J connectivity index is 2.70. The molecule has 66 valence electrons. The van der Waals surface area contributed by atoms with Crippen LogP contribution in [0.15, 0.2) is 18.7 Å². The second kappa shape index (κ2) is 4.83. The lowest BCUT2D eigenvalue weighted by molar-refractivity contribution is 0.940. The van der Waals surface area contributed by atoms with Gasteiger partial charge < -0.3 is 0 Å². The van der Waals surface area contributed by atoms with Crippen molar-refractivity contribution in [2.24, 2.45) is 0 Å². The van der Waals surface area contributed by atoms with E-state index in [1.54, 1.807) is 0 Å². The highest BCUT2D eigenvalue weighted by Crippen LogP contribution is 2.24. The van der Waals surface area contributed by atoms with Crippen molar-refractivity contribution in [1.29, 1.82) is 0 Å². The van der Waals surface area contributed by atoms with Crippen molar-refractivity contribution in [3.63, 3.8) is 0 Å². The summed E-state index contributed by atoms with van der Waals surface area (Å²) >= 11 is 5.27. The molecule has 0 radical (unpaired) electrons. The molecule has 1 aromatic heterocycles. The van der Waals surface area contributed by atoms with Gasteiger partial charge in [-0.15, -0.1) is 11.3 Å². The van der Waals surface area contributed by atoms with Crippen LogP contribution >= 0.6 is 27.3 Å². The molecule has 0 atom stereocenters. The molecule has 0 N–H and O–H groups in total. The Hall–Kier alpha value is -0.0800. The highest BCUT2D eigenvalue weighted by molar-refractivity contribution is 9.09. The predicted molar refractivity (Wildman–Crippen MR) is 61.1 cm³/mol. The minimum Gasteiger partial charge on any atom is -0.141 e. The monoisotopic (exact) mass is 244 g/mol. The van der Waals surface area contributed by atoms with Gasteiger partial charge in [0.25, 0.3) is 0 Å². The Morgan fingerprint density at radius 3 is 2.92 bits per heavy atom.